The van der Waals surface area contributed by atoms with Crippen LogP contribution in [-0.2, 0) is 0 Å². The van der Waals surface area contributed by atoms with Gasteiger partial charge in [0.1, 0.15) is 0 Å². The van der Waals surface area contributed by atoms with Crippen LogP contribution in [0.5, 0.6) is 0 Å². The molecule has 0 amide bonds. The SMILES string of the molecule is [C-]#[N+]c1cc(Br)cc(Br)c1. The van der Waals surface area contributed by atoms with E-state index in [2.05, 4.69) is 36.7 Å². The zero-order valence-electron chi connectivity index (χ0n) is 4.94. The van der Waals surface area contributed by atoms with Crippen LogP contribution < -0.4 is 0 Å². The Bertz CT molecular complexity index is 268. The molecule has 0 atom stereocenters. The van der Waals surface area contributed by atoms with Crippen molar-refractivity contribution in [2.45, 2.75) is 0 Å². The first kappa shape index (κ1) is 7.77. The molecule has 0 radical (unpaired) electrons. The first-order valence-corrected chi connectivity index (χ1v) is 4.14. The van der Waals surface area contributed by atoms with Crippen LogP contribution in [0.1, 0.15) is 0 Å². The molecule has 0 saturated carbocycles. The number of benzene rings is 1. The van der Waals surface area contributed by atoms with E-state index in [0.29, 0.717) is 5.69 Å². The van der Waals surface area contributed by atoms with E-state index in [-0.39, 0.29) is 0 Å². The van der Waals surface area contributed by atoms with Crippen molar-refractivity contribution in [2.75, 3.05) is 0 Å². The lowest BCUT2D eigenvalue weighted by molar-refractivity contribution is 1.61. The Kier molecular flexibility index (Phi) is 2.47. The standard InChI is InChI=1S/C7H3Br2N/c1-10-7-3-5(8)2-6(9)4-7/h2-4H. The zero-order valence-corrected chi connectivity index (χ0v) is 8.11. The van der Waals surface area contributed by atoms with E-state index in [4.69, 9.17) is 6.57 Å². The first-order chi connectivity index (χ1) is 4.72. The summed E-state index contributed by atoms with van der Waals surface area (Å²) in [6.45, 7) is 6.72. The second kappa shape index (κ2) is 3.18. The fourth-order valence-corrected chi connectivity index (χ4v) is 1.87. The van der Waals surface area contributed by atoms with Gasteiger partial charge in [-0.3, -0.25) is 0 Å². The Morgan fingerprint density at radius 1 is 1.10 bits per heavy atom. The Labute approximate surface area is 76.1 Å². The molecule has 1 rings (SSSR count). The second-order valence-electron chi connectivity index (χ2n) is 1.74. The summed E-state index contributed by atoms with van der Waals surface area (Å²) in [5.74, 6) is 0. The van der Waals surface area contributed by atoms with Crippen molar-refractivity contribution in [2.24, 2.45) is 0 Å². The molecule has 0 N–H and O–H groups in total. The van der Waals surface area contributed by atoms with Crippen LogP contribution in [0.25, 0.3) is 4.85 Å². The van der Waals surface area contributed by atoms with Gasteiger partial charge in [0.25, 0.3) is 0 Å². The Morgan fingerprint density at radius 2 is 1.60 bits per heavy atom. The molecule has 50 valence electrons. The Balaban J connectivity index is 3.22. The van der Waals surface area contributed by atoms with E-state index in [1.807, 2.05) is 6.07 Å². The van der Waals surface area contributed by atoms with Gasteiger partial charge in [0.2, 0.25) is 0 Å². The van der Waals surface area contributed by atoms with Gasteiger partial charge < -0.3 is 0 Å². The lowest BCUT2D eigenvalue weighted by atomic mass is 10.3. The summed E-state index contributed by atoms with van der Waals surface area (Å²) in [6, 6.07) is 5.45. The lowest BCUT2D eigenvalue weighted by Crippen LogP contribution is -1.65. The van der Waals surface area contributed by atoms with Gasteiger partial charge in [-0.2, -0.15) is 0 Å². The van der Waals surface area contributed by atoms with E-state index in [1.54, 1.807) is 12.1 Å². The van der Waals surface area contributed by atoms with Gasteiger partial charge in [-0.05, 0) is 18.2 Å². The molecule has 0 heterocycles. The van der Waals surface area contributed by atoms with Gasteiger partial charge in [-0.15, -0.1) is 0 Å². The zero-order chi connectivity index (χ0) is 7.56. The number of halogens is 2. The normalized spacial score (nSPS) is 8.90. The fourth-order valence-electron chi connectivity index (χ4n) is 0.604. The predicted octanol–water partition coefficient (Wildman–Crippen LogP) is 3.76. The second-order valence-corrected chi connectivity index (χ2v) is 3.57. The summed E-state index contributed by atoms with van der Waals surface area (Å²) in [5, 5.41) is 0. The Hall–Kier alpha value is -0.330. The van der Waals surface area contributed by atoms with Gasteiger partial charge in [0, 0.05) is 8.95 Å². The van der Waals surface area contributed by atoms with Crippen LogP contribution in [0.2, 0.25) is 0 Å². The molecule has 0 saturated heterocycles. The quantitative estimate of drug-likeness (QED) is 0.626. The minimum Gasteiger partial charge on any atom is -0.238 e. The summed E-state index contributed by atoms with van der Waals surface area (Å²) >= 11 is 6.56. The molecule has 0 aliphatic rings. The summed E-state index contributed by atoms with van der Waals surface area (Å²) < 4.78 is 1.85. The average Bonchev–Trinajstić information content (AvgIpc) is 1.85. The van der Waals surface area contributed by atoms with Gasteiger partial charge in [0.05, 0.1) is 6.57 Å². The van der Waals surface area contributed by atoms with Crippen molar-refractivity contribution in [3.8, 4) is 0 Å². The summed E-state index contributed by atoms with van der Waals surface area (Å²) in [6.07, 6.45) is 0. The molecule has 0 aliphatic heterocycles. The van der Waals surface area contributed by atoms with Crippen LogP contribution in [0.3, 0.4) is 0 Å². The van der Waals surface area contributed by atoms with Crippen LogP contribution in [0, 0.1) is 6.57 Å². The minimum atomic E-state index is 0.640. The maximum atomic E-state index is 6.72. The summed E-state index contributed by atoms with van der Waals surface area (Å²) in [7, 11) is 0. The molecule has 0 aromatic heterocycles. The van der Waals surface area contributed by atoms with Crippen molar-refractivity contribution < 1.29 is 0 Å². The van der Waals surface area contributed by atoms with E-state index >= 15 is 0 Å². The molecule has 0 unspecified atom stereocenters. The van der Waals surface area contributed by atoms with Crippen molar-refractivity contribution in [1.82, 2.24) is 0 Å². The summed E-state index contributed by atoms with van der Waals surface area (Å²) in [4.78, 5) is 3.28. The number of rotatable bonds is 0. The summed E-state index contributed by atoms with van der Waals surface area (Å²) in [5.41, 5.74) is 0.640. The first-order valence-electron chi connectivity index (χ1n) is 2.56. The molecule has 1 aromatic rings. The van der Waals surface area contributed by atoms with Crippen LogP contribution in [0.4, 0.5) is 5.69 Å². The highest BCUT2D eigenvalue weighted by Crippen LogP contribution is 2.24. The van der Waals surface area contributed by atoms with Gasteiger partial charge in [-0.1, -0.05) is 31.9 Å². The third kappa shape index (κ3) is 1.83. The van der Waals surface area contributed by atoms with E-state index in [9.17, 15) is 0 Å². The average molecular weight is 261 g/mol. The van der Waals surface area contributed by atoms with Gasteiger partial charge >= 0.3 is 0 Å². The molecule has 1 aromatic carbocycles. The molecule has 0 aliphatic carbocycles. The lowest BCUT2D eigenvalue weighted by Gasteiger charge is -1.92. The largest absolute Gasteiger partial charge is 0.238 e. The molecular formula is C7H3Br2N. The fraction of sp³-hybridized carbons (Fsp3) is 0. The minimum absolute atomic E-state index is 0.640. The molecule has 3 heteroatoms. The molecule has 0 bridgehead atoms. The van der Waals surface area contributed by atoms with Crippen LogP contribution in [-0.4, -0.2) is 0 Å². The number of nitrogens with zero attached hydrogens (tertiary/aromatic N) is 1. The number of hydrogen-bond donors (Lipinski definition) is 0. The highest BCUT2D eigenvalue weighted by Gasteiger charge is 1.94. The molecular weight excluding hydrogens is 258 g/mol. The van der Waals surface area contributed by atoms with Crippen molar-refractivity contribution in [1.29, 1.82) is 0 Å². The van der Waals surface area contributed by atoms with Crippen LogP contribution in [0.15, 0.2) is 27.1 Å². The van der Waals surface area contributed by atoms with Gasteiger partial charge in [0.15, 0.2) is 5.69 Å². The van der Waals surface area contributed by atoms with E-state index in [0.717, 1.165) is 8.95 Å². The molecule has 0 fully saturated rings. The van der Waals surface area contributed by atoms with E-state index < -0.39 is 0 Å². The topological polar surface area (TPSA) is 4.36 Å². The Morgan fingerprint density at radius 3 is 2.00 bits per heavy atom. The predicted molar refractivity (Wildman–Crippen MR) is 48.1 cm³/mol. The van der Waals surface area contributed by atoms with E-state index in [1.165, 1.54) is 0 Å². The van der Waals surface area contributed by atoms with Crippen molar-refractivity contribution in [3.63, 3.8) is 0 Å². The van der Waals surface area contributed by atoms with Crippen LogP contribution >= 0.6 is 31.9 Å². The van der Waals surface area contributed by atoms with Crippen molar-refractivity contribution >= 4 is 37.5 Å². The molecule has 1 nitrogen and oxygen atoms in total. The molecule has 0 spiro atoms. The maximum Gasteiger partial charge on any atom is 0.189 e. The van der Waals surface area contributed by atoms with Crippen molar-refractivity contribution in [3.05, 3.63) is 38.6 Å². The molecule has 10 heavy (non-hydrogen) atoms. The highest BCUT2D eigenvalue weighted by molar-refractivity contribution is 9.11. The third-order valence-electron chi connectivity index (χ3n) is 0.976. The monoisotopic (exact) mass is 259 g/mol. The third-order valence-corrected chi connectivity index (χ3v) is 1.89. The smallest absolute Gasteiger partial charge is 0.189 e. The maximum absolute atomic E-state index is 6.72. The van der Waals surface area contributed by atoms with Gasteiger partial charge in [-0.25, -0.2) is 4.85 Å². The highest BCUT2D eigenvalue weighted by atomic mass is 79.9. The number of hydrogen-bond acceptors (Lipinski definition) is 0.